The lowest BCUT2D eigenvalue weighted by Gasteiger charge is -2.32. The molecule has 0 amide bonds. The highest BCUT2D eigenvalue weighted by atomic mass is 32.1. The molecule has 0 aliphatic rings. The van der Waals surface area contributed by atoms with Crippen LogP contribution in [0.3, 0.4) is 0 Å². The summed E-state index contributed by atoms with van der Waals surface area (Å²) in [6, 6.07) is 0. The Hall–Kier alpha value is -1.50. The van der Waals surface area contributed by atoms with Crippen LogP contribution < -0.4 is 5.56 Å². The second kappa shape index (κ2) is 10.7. The SMILES string of the molecule is CC(C)CC(C)(C(=O)OCCCCCCn1c(=S)[nH]cc(F)c1=O)C(C)C. The highest BCUT2D eigenvalue weighted by Crippen LogP contribution is 2.35. The zero-order valence-corrected chi connectivity index (χ0v) is 18.0. The number of nitrogens with zero attached hydrogens (tertiary/aromatic N) is 1. The molecule has 154 valence electrons. The van der Waals surface area contributed by atoms with E-state index in [0.29, 0.717) is 25.5 Å². The van der Waals surface area contributed by atoms with E-state index in [4.69, 9.17) is 17.0 Å². The van der Waals surface area contributed by atoms with E-state index in [2.05, 4.69) is 32.7 Å². The van der Waals surface area contributed by atoms with Gasteiger partial charge in [0.2, 0.25) is 5.82 Å². The van der Waals surface area contributed by atoms with E-state index >= 15 is 0 Å². The molecule has 7 heteroatoms. The second-order valence-corrected chi connectivity index (χ2v) is 8.51. The fourth-order valence-corrected chi connectivity index (χ4v) is 3.38. The summed E-state index contributed by atoms with van der Waals surface area (Å²) in [6.07, 6.45) is 5.00. The Morgan fingerprint density at radius 2 is 1.89 bits per heavy atom. The van der Waals surface area contributed by atoms with Gasteiger partial charge in [-0.3, -0.25) is 14.2 Å². The zero-order valence-electron chi connectivity index (χ0n) is 17.1. The van der Waals surface area contributed by atoms with Crippen molar-refractivity contribution in [3.05, 3.63) is 27.1 Å². The molecule has 0 saturated carbocycles. The van der Waals surface area contributed by atoms with Gasteiger partial charge in [0.05, 0.1) is 12.0 Å². The van der Waals surface area contributed by atoms with E-state index in [-0.39, 0.29) is 16.7 Å². The maximum atomic E-state index is 13.3. The third-order valence-corrected chi connectivity index (χ3v) is 5.44. The minimum Gasteiger partial charge on any atom is -0.465 e. The molecule has 0 bridgehead atoms. The second-order valence-electron chi connectivity index (χ2n) is 8.12. The maximum absolute atomic E-state index is 13.3. The lowest BCUT2D eigenvalue weighted by molar-refractivity contribution is -0.159. The molecule has 0 spiro atoms. The quantitative estimate of drug-likeness (QED) is 0.327. The minimum absolute atomic E-state index is 0.121. The summed E-state index contributed by atoms with van der Waals surface area (Å²) in [4.78, 5) is 26.8. The number of hydrogen-bond donors (Lipinski definition) is 1. The predicted octanol–water partition coefficient (Wildman–Crippen LogP) is 4.86. The molecular weight excluding hydrogens is 367 g/mol. The van der Waals surface area contributed by atoms with Crippen LogP contribution in [0.5, 0.6) is 0 Å². The fourth-order valence-electron chi connectivity index (χ4n) is 3.15. The molecule has 1 heterocycles. The molecule has 1 aromatic rings. The normalized spacial score (nSPS) is 13.8. The number of carbonyl (C=O) groups is 1. The van der Waals surface area contributed by atoms with Gasteiger partial charge in [0.15, 0.2) is 4.77 Å². The molecule has 0 aliphatic carbocycles. The van der Waals surface area contributed by atoms with Crippen molar-refractivity contribution in [3.8, 4) is 0 Å². The highest BCUT2D eigenvalue weighted by Gasteiger charge is 2.38. The smallest absolute Gasteiger partial charge is 0.312 e. The summed E-state index contributed by atoms with van der Waals surface area (Å²) >= 11 is 5.02. The Kier molecular flexibility index (Phi) is 9.36. The molecule has 1 atom stereocenters. The van der Waals surface area contributed by atoms with E-state index in [0.717, 1.165) is 31.9 Å². The number of nitrogens with one attached hydrogen (secondary N) is 1. The summed E-state index contributed by atoms with van der Waals surface area (Å²) in [5.74, 6) is -0.294. The van der Waals surface area contributed by atoms with E-state index in [1.807, 2.05) is 6.92 Å². The van der Waals surface area contributed by atoms with Crippen molar-refractivity contribution in [2.75, 3.05) is 6.61 Å². The van der Waals surface area contributed by atoms with Gasteiger partial charge in [-0.1, -0.05) is 34.1 Å². The van der Waals surface area contributed by atoms with Crippen molar-refractivity contribution in [2.45, 2.75) is 73.3 Å². The molecule has 0 aliphatic heterocycles. The lowest BCUT2D eigenvalue weighted by Crippen LogP contribution is -2.36. The van der Waals surface area contributed by atoms with Crippen LogP contribution in [-0.2, 0) is 16.1 Å². The van der Waals surface area contributed by atoms with Gasteiger partial charge in [0.1, 0.15) is 0 Å². The molecule has 0 fully saturated rings. The third-order valence-electron chi connectivity index (χ3n) is 5.10. The van der Waals surface area contributed by atoms with Crippen molar-refractivity contribution in [1.29, 1.82) is 0 Å². The molecule has 27 heavy (non-hydrogen) atoms. The van der Waals surface area contributed by atoms with Crippen LogP contribution in [0, 0.1) is 27.8 Å². The number of H-pyrrole nitrogens is 1. The van der Waals surface area contributed by atoms with Crippen molar-refractivity contribution in [3.63, 3.8) is 0 Å². The van der Waals surface area contributed by atoms with Crippen molar-refractivity contribution in [2.24, 2.45) is 17.3 Å². The molecule has 0 radical (unpaired) electrons. The van der Waals surface area contributed by atoms with E-state index < -0.39 is 16.8 Å². The van der Waals surface area contributed by atoms with Crippen LogP contribution >= 0.6 is 12.2 Å². The number of esters is 1. The van der Waals surface area contributed by atoms with Crippen molar-refractivity contribution >= 4 is 18.2 Å². The molecule has 5 nitrogen and oxygen atoms in total. The van der Waals surface area contributed by atoms with Gasteiger partial charge in [-0.2, -0.15) is 4.39 Å². The standard InChI is InChI=1S/C20H33FN2O3S/c1-14(2)12-20(5,15(3)4)18(25)26-11-9-7-6-8-10-23-17(24)16(21)13-22-19(23)27/h13-15H,6-12H2,1-5H3,(H,22,27). The number of halogens is 1. The lowest BCUT2D eigenvalue weighted by atomic mass is 9.73. The van der Waals surface area contributed by atoms with Crippen LogP contribution in [0.25, 0.3) is 0 Å². The molecule has 1 unspecified atom stereocenters. The van der Waals surface area contributed by atoms with E-state index in [1.165, 1.54) is 4.57 Å². The largest absolute Gasteiger partial charge is 0.465 e. The maximum Gasteiger partial charge on any atom is 0.312 e. The number of rotatable bonds is 11. The first-order valence-corrected chi connectivity index (χ1v) is 10.2. The Morgan fingerprint density at radius 3 is 2.48 bits per heavy atom. The topological polar surface area (TPSA) is 64.1 Å². The Bertz CT molecular complexity index is 727. The third kappa shape index (κ3) is 6.87. The molecule has 1 rings (SSSR count). The summed E-state index contributed by atoms with van der Waals surface area (Å²) in [5, 5.41) is 0. The average Bonchev–Trinajstić information content (AvgIpc) is 2.58. The molecule has 0 aromatic carbocycles. The zero-order chi connectivity index (χ0) is 20.6. The first-order chi connectivity index (χ1) is 12.6. The first kappa shape index (κ1) is 23.5. The number of unbranched alkanes of at least 4 members (excludes halogenated alkanes) is 3. The number of ether oxygens (including phenoxy) is 1. The van der Waals surface area contributed by atoms with E-state index in [9.17, 15) is 14.0 Å². The minimum atomic E-state index is -0.829. The molecular formula is C20H33FN2O3S. The average molecular weight is 401 g/mol. The number of aromatic nitrogens is 2. The van der Waals surface area contributed by atoms with Gasteiger partial charge >= 0.3 is 5.97 Å². The number of hydrogen-bond acceptors (Lipinski definition) is 4. The fraction of sp³-hybridized carbons (Fsp3) is 0.750. The van der Waals surface area contributed by atoms with Crippen LogP contribution in [0.1, 0.15) is 66.7 Å². The highest BCUT2D eigenvalue weighted by molar-refractivity contribution is 7.71. The van der Waals surface area contributed by atoms with Crippen molar-refractivity contribution in [1.82, 2.24) is 9.55 Å². The summed E-state index contributed by atoms with van der Waals surface area (Å²) in [5.41, 5.74) is -1.14. The predicted molar refractivity (Wildman–Crippen MR) is 108 cm³/mol. The van der Waals surface area contributed by atoms with Gasteiger partial charge < -0.3 is 9.72 Å². The Balaban J connectivity index is 2.35. The van der Waals surface area contributed by atoms with Gasteiger partial charge in [-0.15, -0.1) is 0 Å². The van der Waals surface area contributed by atoms with Crippen molar-refractivity contribution < 1.29 is 13.9 Å². The first-order valence-electron chi connectivity index (χ1n) is 9.74. The monoisotopic (exact) mass is 400 g/mol. The Morgan fingerprint density at radius 1 is 1.26 bits per heavy atom. The van der Waals surface area contributed by atoms with E-state index in [1.54, 1.807) is 0 Å². The molecule has 0 saturated heterocycles. The Labute approximate surface area is 166 Å². The van der Waals surface area contributed by atoms with Gasteiger partial charge in [0.25, 0.3) is 5.56 Å². The summed E-state index contributed by atoms with van der Waals surface area (Å²) in [6.45, 7) is 11.1. The number of carbonyl (C=O) groups excluding carboxylic acids is 1. The van der Waals surface area contributed by atoms with Gasteiger partial charge in [-0.05, 0) is 56.7 Å². The van der Waals surface area contributed by atoms with Crippen LogP contribution in [0.2, 0.25) is 0 Å². The summed E-state index contributed by atoms with van der Waals surface area (Å²) < 4.78 is 20.3. The van der Waals surface area contributed by atoms with Crippen LogP contribution in [-0.4, -0.2) is 22.1 Å². The van der Waals surface area contributed by atoms with Crippen LogP contribution in [0.15, 0.2) is 11.0 Å². The van der Waals surface area contributed by atoms with Crippen LogP contribution in [0.4, 0.5) is 4.39 Å². The molecule has 1 aromatic heterocycles. The summed E-state index contributed by atoms with van der Waals surface area (Å²) in [7, 11) is 0. The van der Waals surface area contributed by atoms with Gasteiger partial charge in [0, 0.05) is 12.7 Å². The van der Waals surface area contributed by atoms with Gasteiger partial charge in [-0.25, -0.2) is 0 Å². The molecule has 1 N–H and O–H groups in total. The number of aromatic amines is 1.